The Bertz CT molecular complexity index is 717. The fourth-order valence-electron chi connectivity index (χ4n) is 2.21. The number of nitrogens with one attached hydrogen (secondary N) is 1. The van der Waals surface area contributed by atoms with E-state index < -0.39 is 0 Å². The molecule has 4 nitrogen and oxygen atoms in total. The highest BCUT2D eigenvalue weighted by Gasteiger charge is 2.21. The van der Waals surface area contributed by atoms with E-state index in [2.05, 4.69) is 5.43 Å². The Labute approximate surface area is 115 Å². The Kier molecular flexibility index (Phi) is 3.06. The summed E-state index contributed by atoms with van der Waals surface area (Å²) in [6.45, 7) is 1.88. The van der Waals surface area contributed by atoms with E-state index in [1.165, 1.54) is 0 Å². The van der Waals surface area contributed by atoms with E-state index in [4.69, 9.17) is 26.3 Å². The normalized spacial score (nSPS) is 13.0. The Balaban J connectivity index is 2.12. The van der Waals surface area contributed by atoms with Crippen molar-refractivity contribution in [1.82, 2.24) is 5.43 Å². The number of para-hydroxylation sites is 1. The zero-order chi connectivity index (χ0) is 13.4. The van der Waals surface area contributed by atoms with Crippen LogP contribution in [0, 0.1) is 6.92 Å². The van der Waals surface area contributed by atoms with Crippen molar-refractivity contribution in [2.45, 2.75) is 13.0 Å². The number of hydrogen-bond donors (Lipinski definition) is 2. The molecule has 0 bridgehead atoms. The van der Waals surface area contributed by atoms with Gasteiger partial charge in [0.05, 0.1) is 11.3 Å². The molecular weight excluding hydrogens is 264 g/mol. The Hall–Kier alpha value is -1.75. The maximum Gasteiger partial charge on any atom is 0.152 e. The molecule has 0 amide bonds. The van der Waals surface area contributed by atoms with E-state index in [-0.39, 0.29) is 6.04 Å². The van der Waals surface area contributed by atoms with Gasteiger partial charge in [0.25, 0.3) is 0 Å². The van der Waals surface area contributed by atoms with Crippen LogP contribution in [0.4, 0.5) is 0 Å². The third-order valence-corrected chi connectivity index (χ3v) is 3.47. The number of hydrazine groups is 1. The Morgan fingerprint density at radius 3 is 2.79 bits per heavy atom. The number of rotatable bonds is 3. The number of fused-ring (bicyclic) bond motifs is 1. The van der Waals surface area contributed by atoms with E-state index in [1.807, 2.05) is 31.2 Å². The lowest BCUT2D eigenvalue weighted by Crippen LogP contribution is -2.28. The van der Waals surface area contributed by atoms with Crippen molar-refractivity contribution in [2.75, 3.05) is 0 Å². The first kappa shape index (κ1) is 12.3. The number of halogens is 1. The standard InChI is InChI=1S/C14H13ClN2O2/c1-8-10(5-6-18-8)13(17-16)12-7-9-3-2-4-11(15)14(9)19-12/h2-7,13,17H,16H2,1H3. The van der Waals surface area contributed by atoms with Gasteiger partial charge in [-0.3, -0.25) is 5.84 Å². The number of benzene rings is 1. The van der Waals surface area contributed by atoms with Crippen molar-refractivity contribution in [3.05, 3.63) is 58.7 Å². The van der Waals surface area contributed by atoms with Gasteiger partial charge in [0.1, 0.15) is 17.6 Å². The van der Waals surface area contributed by atoms with Crippen molar-refractivity contribution >= 4 is 22.6 Å². The number of nitrogens with two attached hydrogens (primary N) is 1. The maximum absolute atomic E-state index is 6.11. The lowest BCUT2D eigenvalue weighted by Gasteiger charge is -2.12. The highest BCUT2D eigenvalue weighted by molar-refractivity contribution is 6.34. The molecule has 0 spiro atoms. The lowest BCUT2D eigenvalue weighted by molar-refractivity contribution is 0.465. The molecule has 0 aliphatic heterocycles. The fraction of sp³-hybridized carbons (Fsp3) is 0.143. The molecule has 5 heteroatoms. The van der Waals surface area contributed by atoms with E-state index in [0.717, 1.165) is 16.7 Å². The van der Waals surface area contributed by atoms with Gasteiger partial charge in [-0.25, -0.2) is 5.43 Å². The summed E-state index contributed by atoms with van der Waals surface area (Å²) in [5, 5.41) is 1.53. The van der Waals surface area contributed by atoms with Gasteiger partial charge in [0.2, 0.25) is 0 Å². The van der Waals surface area contributed by atoms with Crippen molar-refractivity contribution in [3.63, 3.8) is 0 Å². The van der Waals surface area contributed by atoms with Gasteiger partial charge in [0.15, 0.2) is 5.58 Å². The molecule has 1 atom stereocenters. The molecule has 1 unspecified atom stereocenters. The van der Waals surface area contributed by atoms with Gasteiger partial charge < -0.3 is 8.83 Å². The molecule has 0 fully saturated rings. The first-order chi connectivity index (χ1) is 9.20. The Morgan fingerprint density at radius 2 is 2.16 bits per heavy atom. The summed E-state index contributed by atoms with van der Waals surface area (Å²) < 4.78 is 11.1. The highest BCUT2D eigenvalue weighted by Crippen LogP contribution is 2.32. The molecule has 0 saturated carbocycles. The van der Waals surface area contributed by atoms with Crippen LogP contribution in [-0.2, 0) is 0 Å². The topological polar surface area (TPSA) is 64.3 Å². The predicted octanol–water partition coefficient (Wildman–Crippen LogP) is 3.54. The van der Waals surface area contributed by atoms with Crippen LogP contribution in [0.5, 0.6) is 0 Å². The molecule has 2 aromatic heterocycles. The van der Waals surface area contributed by atoms with Crippen LogP contribution in [0.1, 0.15) is 23.1 Å². The number of furan rings is 2. The minimum atomic E-state index is -0.262. The third kappa shape index (κ3) is 2.04. The number of hydrogen-bond acceptors (Lipinski definition) is 4. The molecule has 1 aromatic carbocycles. The van der Waals surface area contributed by atoms with Gasteiger partial charge in [-0.2, -0.15) is 0 Å². The van der Waals surface area contributed by atoms with Gasteiger partial charge in [-0.1, -0.05) is 23.7 Å². The largest absolute Gasteiger partial charge is 0.469 e. The molecule has 19 heavy (non-hydrogen) atoms. The van der Waals surface area contributed by atoms with Crippen molar-refractivity contribution < 1.29 is 8.83 Å². The SMILES string of the molecule is Cc1occc1C(NN)c1cc2cccc(Cl)c2o1. The molecule has 3 aromatic rings. The van der Waals surface area contributed by atoms with Crippen LogP contribution in [-0.4, -0.2) is 0 Å². The zero-order valence-electron chi connectivity index (χ0n) is 10.3. The summed E-state index contributed by atoms with van der Waals surface area (Å²) in [5.74, 6) is 7.14. The molecule has 0 aliphatic carbocycles. The molecule has 3 N–H and O–H groups in total. The van der Waals surface area contributed by atoms with Crippen LogP contribution in [0.2, 0.25) is 5.02 Å². The summed E-state index contributed by atoms with van der Waals surface area (Å²) in [7, 11) is 0. The first-order valence-corrected chi connectivity index (χ1v) is 6.26. The van der Waals surface area contributed by atoms with Crippen LogP contribution < -0.4 is 11.3 Å². The van der Waals surface area contributed by atoms with Crippen LogP contribution in [0.15, 0.2) is 45.4 Å². The second kappa shape index (κ2) is 4.74. The first-order valence-electron chi connectivity index (χ1n) is 5.89. The zero-order valence-corrected chi connectivity index (χ0v) is 11.1. The summed E-state index contributed by atoms with van der Waals surface area (Å²) in [5.41, 5.74) is 4.35. The number of aryl methyl sites for hydroxylation is 1. The van der Waals surface area contributed by atoms with Crippen LogP contribution >= 0.6 is 11.6 Å². The summed E-state index contributed by atoms with van der Waals surface area (Å²) in [6, 6.07) is 9.17. The summed E-state index contributed by atoms with van der Waals surface area (Å²) >= 11 is 6.11. The van der Waals surface area contributed by atoms with Gasteiger partial charge in [0, 0.05) is 10.9 Å². The molecule has 2 heterocycles. The van der Waals surface area contributed by atoms with E-state index >= 15 is 0 Å². The fourth-order valence-corrected chi connectivity index (χ4v) is 2.43. The predicted molar refractivity (Wildman–Crippen MR) is 73.8 cm³/mol. The van der Waals surface area contributed by atoms with Gasteiger partial charge in [-0.15, -0.1) is 0 Å². The highest BCUT2D eigenvalue weighted by atomic mass is 35.5. The van der Waals surface area contributed by atoms with E-state index in [0.29, 0.717) is 16.4 Å². The van der Waals surface area contributed by atoms with E-state index in [1.54, 1.807) is 12.3 Å². The van der Waals surface area contributed by atoms with Crippen molar-refractivity contribution in [2.24, 2.45) is 5.84 Å². The average Bonchev–Trinajstić information content (AvgIpc) is 2.99. The molecule has 0 radical (unpaired) electrons. The molecule has 0 aliphatic rings. The van der Waals surface area contributed by atoms with Crippen LogP contribution in [0.3, 0.4) is 0 Å². The smallest absolute Gasteiger partial charge is 0.152 e. The molecule has 98 valence electrons. The lowest BCUT2D eigenvalue weighted by atomic mass is 10.1. The van der Waals surface area contributed by atoms with Crippen molar-refractivity contribution in [3.8, 4) is 0 Å². The summed E-state index contributed by atoms with van der Waals surface area (Å²) in [4.78, 5) is 0. The van der Waals surface area contributed by atoms with Gasteiger partial charge in [-0.05, 0) is 25.1 Å². The Morgan fingerprint density at radius 1 is 1.32 bits per heavy atom. The van der Waals surface area contributed by atoms with Crippen LogP contribution in [0.25, 0.3) is 11.0 Å². The minimum absolute atomic E-state index is 0.262. The molecular formula is C14H13ClN2O2. The second-order valence-corrected chi connectivity index (χ2v) is 4.75. The molecule has 3 rings (SSSR count). The summed E-state index contributed by atoms with van der Waals surface area (Å²) in [6.07, 6.45) is 1.63. The average molecular weight is 277 g/mol. The molecule has 0 saturated heterocycles. The quantitative estimate of drug-likeness (QED) is 0.567. The van der Waals surface area contributed by atoms with Gasteiger partial charge >= 0.3 is 0 Å². The minimum Gasteiger partial charge on any atom is -0.469 e. The second-order valence-electron chi connectivity index (χ2n) is 4.34. The monoisotopic (exact) mass is 276 g/mol. The third-order valence-electron chi connectivity index (χ3n) is 3.18. The maximum atomic E-state index is 6.11. The van der Waals surface area contributed by atoms with Crippen molar-refractivity contribution in [1.29, 1.82) is 0 Å². The van der Waals surface area contributed by atoms with E-state index in [9.17, 15) is 0 Å².